The second kappa shape index (κ2) is 9.34. The summed E-state index contributed by atoms with van der Waals surface area (Å²) in [5.74, 6) is 0.994. The number of benzene rings is 2. The van der Waals surface area contributed by atoms with Crippen LogP contribution in [-0.4, -0.2) is 26.5 Å². The van der Waals surface area contributed by atoms with E-state index < -0.39 is 0 Å². The molecule has 0 saturated heterocycles. The highest BCUT2D eigenvalue weighted by atomic mass is 19.1. The summed E-state index contributed by atoms with van der Waals surface area (Å²) >= 11 is 0. The zero-order chi connectivity index (χ0) is 21.6. The van der Waals surface area contributed by atoms with Gasteiger partial charge in [0, 0.05) is 17.2 Å². The molecule has 0 amide bonds. The van der Waals surface area contributed by atoms with Crippen molar-refractivity contribution in [1.82, 2.24) is 19.9 Å². The summed E-state index contributed by atoms with van der Waals surface area (Å²) in [6.07, 6.45) is 2.09. The Bertz CT molecular complexity index is 1200. The minimum absolute atomic E-state index is 0.0269. The van der Waals surface area contributed by atoms with Crippen molar-refractivity contribution >= 4 is 0 Å². The van der Waals surface area contributed by atoms with Crippen LogP contribution in [0.25, 0.3) is 22.6 Å². The van der Waals surface area contributed by atoms with Crippen LogP contribution in [-0.2, 0) is 6.54 Å². The molecule has 0 aliphatic carbocycles. The van der Waals surface area contributed by atoms with Crippen molar-refractivity contribution in [3.05, 3.63) is 82.7 Å². The van der Waals surface area contributed by atoms with E-state index in [0.717, 1.165) is 24.2 Å². The molecule has 8 heteroatoms. The number of halogens is 1. The Labute approximate surface area is 178 Å². The maximum atomic E-state index is 13.1. The number of nitrogens with zero attached hydrogens (tertiary/aromatic N) is 4. The maximum absolute atomic E-state index is 13.1. The van der Waals surface area contributed by atoms with Gasteiger partial charge < -0.3 is 9.26 Å². The maximum Gasteiger partial charge on any atom is 0.267 e. The summed E-state index contributed by atoms with van der Waals surface area (Å²) in [5.41, 5.74) is 1.82. The zero-order valence-corrected chi connectivity index (χ0v) is 17.0. The van der Waals surface area contributed by atoms with E-state index in [2.05, 4.69) is 22.2 Å². The fourth-order valence-corrected chi connectivity index (χ4v) is 2.94. The second-order valence-corrected chi connectivity index (χ2v) is 6.96. The van der Waals surface area contributed by atoms with Crippen molar-refractivity contribution in [1.29, 1.82) is 0 Å². The number of hydrogen-bond donors (Lipinski definition) is 0. The molecule has 0 N–H and O–H groups in total. The number of aromatic nitrogens is 4. The average Bonchev–Trinajstić information content (AvgIpc) is 3.25. The lowest BCUT2D eigenvalue weighted by Crippen LogP contribution is -2.23. The van der Waals surface area contributed by atoms with Crippen LogP contribution in [0.1, 0.15) is 25.7 Å². The Kier molecular flexibility index (Phi) is 6.16. The predicted octanol–water partition coefficient (Wildman–Crippen LogP) is 4.33. The Balaban J connectivity index is 1.51. The van der Waals surface area contributed by atoms with Gasteiger partial charge in [-0.25, -0.2) is 9.07 Å². The van der Waals surface area contributed by atoms with Gasteiger partial charge in [-0.15, -0.1) is 0 Å². The highest BCUT2D eigenvalue weighted by Gasteiger charge is 2.12. The first-order chi connectivity index (χ1) is 15.1. The van der Waals surface area contributed by atoms with Gasteiger partial charge >= 0.3 is 0 Å². The number of unbranched alkanes of at least 4 members (excludes halogenated alkanes) is 1. The molecule has 0 bridgehead atoms. The molecule has 2 aromatic heterocycles. The van der Waals surface area contributed by atoms with Gasteiger partial charge in [-0.2, -0.15) is 10.1 Å². The van der Waals surface area contributed by atoms with Crippen LogP contribution in [0.15, 0.2) is 70.0 Å². The van der Waals surface area contributed by atoms with Crippen LogP contribution in [0.5, 0.6) is 5.75 Å². The van der Waals surface area contributed by atoms with Crippen LogP contribution in [0.3, 0.4) is 0 Å². The van der Waals surface area contributed by atoms with Gasteiger partial charge in [-0.1, -0.05) is 18.5 Å². The fourth-order valence-electron chi connectivity index (χ4n) is 2.94. The SMILES string of the molecule is CCCCOc1ccc(-c2ccc(=O)n(Cc3nc(-c4ccc(F)cc4)no3)n2)cc1. The molecule has 2 heterocycles. The molecule has 0 fully saturated rings. The van der Waals surface area contributed by atoms with E-state index in [-0.39, 0.29) is 23.8 Å². The Morgan fingerprint density at radius 3 is 2.48 bits per heavy atom. The van der Waals surface area contributed by atoms with Gasteiger partial charge in [0.25, 0.3) is 5.56 Å². The van der Waals surface area contributed by atoms with Crippen LogP contribution >= 0.6 is 0 Å². The Morgan fingerprint density at radius 2 is 1.74 bits per heavy atom. The van der Waals surface area contributed by atoms with Crippen LogP contribution < -0.4 is 10.3 Å². The highest BCUT2D eigenvalue weighted by molar-refractivity contribution is 5.59. The Hall–Kier alpha value is -3.81. The molecule has 31 heavy (non-hydrogen) atoms. The second-order valence-electron chi connectivity index (χ2n) is 6.96. The first kappa shape index (κ1) is 20.5. The van der Waals surface area contributed by atoms with Crippen LogP contribution in [0.2, 0.25) is 0 Å². The van der Waals surface area contributed by atoms with Gasteiger partial charge in [0.15, 0.2) is 0 Å². The van der Waals surface area contributed by atoms with Crippen molar-refractivity contribution in [3.8, 4) is 28.4 Å². The van der Waals surface area contributed by atoms with E-state index in [1.807, 2.05) is 24.3 Å². The molecule has 0 spiro atoms. The molecule has 0 saturated carbocycles. The van der Waals surface area contributed by atoms with Crippen LogP contribution in [0, 0.1) is 5.82 Å². The minimum Gasteiger partial charge on any atom is -0.494 e. The molecule has 0 aliphatic rings. The highest BCUT2D eigenvalue weighted by Crippen LogP contribution is 2.20. The number of ether oxygens (including phenoxy) is 1. The average molecular weight is 420 g/mol. The summed E-state index contributed by atoms with van der Waals surface area (Å²) in [4.78, 5) is 16.6. The van der Waals surface area contributed by atoms with Gasteiger partial charge in [-0.3, -0.25) is 4.79 Å². The number of rotatable bonds is 8. The van der Waals surface area contributed by atoms with E-state index in [4.69, 9.17) is 9.26 Å². The lowest BCUT2D eigenvalue weighted by molar-refractivity contribution is 0.309. The van der Waals surface area contributed by atoms with Crippen LogP contribution in [0.4, 0.5) is 4.39 Å². The van der Waals surface area contributed by atoms with Gasteiger partial charge in [0.1, 0.15) is 18.1 Å². The molecule has 0 aliphatic heterocycles. The van der Waals surface area contributed by atoms with Crippen molar-refractivity contribution in [3.63, 3.8) is 0 Å². The molecule has 0 radical (unpaired) electrons. The van der Waals surface area contributed by atoms with Crippen molar-refractivity contribution in [2.24, 2.45) is 0 Å². The standard InChI is InChI=1S/C23H21FN4O3/c1-2-3-14-30-19-10-6-16(7-11-19)20-12-13-22(29)28(26-20)15-21-25-23(27-31-21)17-4-8-18(24)9-5-17/h4-13H,2-3,14-15H2,1H3. The van der Waals surface area contributed by atoms with E-state index in [1.165, 1.54) is 22.9 Å². The molecule has 158 valence electrons. The molecule has 2 aromatic carbocycles. The minimum atomic E-state index is -0.347. The normalized spacial score (nSPS) is 10.9. The molecule has 4 aromatic rings. The number of hydrogen-bond acceptors (Lipinski definition) is 6. The third kappa shape index (κ3) is 5.03. The third-order valence-electron chi connectivity index (χ3n) is 4.64. The van der Waals surface area contributed by atoms with Crippen molar-refractivity contribution in [2.75, 3.05) is 6.61 Å². The topological polar surface area (TPSA) is 83.0 Å². The largest absolute Gasteiger partial charge is 0.494 e. The van der Waals surface area contributed by atoms with Gasteiger partial charge in [0.2, 0.25) is 11.7 Å². The molecule has 0 atom stereocenters. The molecular weight excluding hydrogens is 399 g/mol. The first-order valence-electron chi connectivity index (χ1n) is 10.0. The van der Waals surface area contributed by atoms with E-state index in [9.17, 15) is 9.18 Å². The van der Waals surface area contributed by atoms with Gasteiger partial charge in [-0.05, 0) is 61.0 Å². The summed E-state index contributed by atoms with van der Waals surface area (Å²) < 4.78 is 25.3. The predicted molar refractivity (Wildman–Crippen MR) is 113 cm³/mol. The third-order valence-corrected chi connectivity index (χ3v) is 4.64. The fraction of sp³-hybridized carbons (Fsp3) is 0.217. The van der Waals surface area contributed by atoms with E-state index in [1.54, 1.807) is 18.2 Å². The van der Waals surface area contributed by atoms with Crippen molar-refractivity contribution < 1.29 is 13.7 Å². The monoisotopic (exact) mass is 420 g/mol. The quantitative estimate of drug-likeness (QED) is 0.395. The summed E-state index contributed by atoms with van der Waals surface area (Å²) in [7, 11) is 0. The Morgan fingerprint density at radius 1 is 1.00 bits per heavy atom. The lowest BCUT2D eigenvalue weighted by atomic mass is 10.1. The molecule has 4 rings (SSSR count). The first-order valence-corrected chi connectivity index (χ1v) is 10.0. The molecule has 7 nitrogen and oxygen atoms in total. The van der Waals surface area contributed by atoms with E-state index >= 15 is 0 Å². The summed E-state index contributed by atoms with van der Waals surface area (Å²) in [6.45, 7) is 2.83. The van der Waals surface area contributed by atoms with Gasteiger partial charge in [0.05, 0.1) is 12.3 Å². The summed E-state index contributed by atoms with van der Waals surface area (Å²) in [6, 6.07) is 16.5. The molecule has 0 unspecified atom stereocenters. The molecular formula is C23H21FN4O3. The van der Waals surface area contributed by atoms with E-state index in [0.29, 0.717) is 23.7 Å². The smallest absolute Gasteiger partial charge is 0.267 e. The summed E-state index contributed by atoms with van der Waals surface area (Å²) in [5, 5.41) is 8.32. The lowest BCUT2D eigenvalue weighted by Gasteiger charge is -2.07. The van der Waals surface area contributed by atoms with Crippen molar-refractivity contribution in [2.45, 2.75) is 26.3 Å². The zero-order valence-electron chi connectivity index (χ0n) is 17.0.